The number of hydrogen-bond acceptors (Lipinski definition) is 3. The second-order valence-corrected chi connectivity index (χ2v) is 7.35. The van der Waals surface area contributed by atoms with Crippen LogP contribution in [0, 0.1) is 11.8 Å². The number of halogens is 7. The number of allylic oxidation sites excluding steroid dienone is 2. The van der Waals surface area contributed by atoms with Gasteiger partial charge in [0.15, 0.2) is 0 Å². The van der Waals surface area contributed by atoms with Crippen LogP contribution in [0.3, 0.4) is 0 Å². The Morgan fingerprint density at radius 1 is 1.28 bits per heavy atom. The van der Waals surface area contributed by atoms with Gasteiger partial charge >= 0.3 is 45.5 Å². The van der Waals surface area contributed by atoms with Crippen LogP contribution in [-0.4, -0.2) is 53.6 Å². The number of rotatable bonds is 4. The second-order valence-electron chi connectivity index (χ2n) is 7.35. The van der Waals surface area contributed by atoms with Gasteiger partial charge in [-0.25, -0.2) is 0 Å². The number of fused-ring (bicyclic) bond motifs is 1. The maximum absolute atomic E-state index is 13.0. The first kappa shape index (κ1) is 29.0. The molecule has 32 heavy (non-hydrogen) atoms. The van der Waals surface area contributed by atoms with Crippen LogP contribution in [0.5, 0.6) is 0 Å². The molecule has 1 unspecified atom stereocenters. The van der Waals surface area contributed by atoms with Gasteiger partial charge in [0.05, 0.1) is 11.6 Å². The van der Waals surface area contributed by atoms with Gasteiger partial charge in [0.1, 0.15) is 5.71 Å². The van der Waals surface area contributed by atoms with Crippen molar-refractivity contribution in [1.29, 1.82) is 0 Å². The molecule has 1 atom stereocenters. The molecule has 0 spiro atoms. The monoisotopic (exact) mass is 645 g/mol. The molecule has 1 aliphatic heterocycles. The first-order valence-electron chi connectivity index (χ1n) is 9.68. The quantitative estimate of drug-likeness (QED) is 0.221. The summed E-state index contributed by atoms with van der Waals surface area (Å²) in [6.45, 7) is 1.37. The third-order valence-corrected chi connectivity index (χ3v) is 5.25. The summed E-state index contributed by atoms with van der Waals surface area (Å²) >= 11 is 4.62. The summed E-state index contributed by atoms with van der Waals surface area (Å²) in [7, 11) is 0.891. The molecule has 1 aromatic rings. The molecule has 1 aromatic heterocycles. The van der Waals surface area contributed by atoms with Crippen molar-refractivity contribution >= 4 is 50.3 Å². The van der Waals surface area contributed by atoms with Crippen molar-refractivity contribution in [2.45, 2.75) is 57.9 Å². The fourth-order valence-electron chi connectivity index (χ4n) is 3.11. The summed E-state index contributed by atoms with van der Waals surface area (Å²) in [5.74, 6) is -1.98. The van der Waals surface area contributed by atoms with Crippen LogP contribution in [0.15, 0.2) is 17.1 Å². The second kappa shape index (κ2) is 12.4. The molecule has 1 saturated carbocycles. The van der Waals surface area contributed by atoms with Crippen molar-refractivity contribution in [2.75, 3.05) is 7.05 Å². The van der Waals surface area contributed by atoms with E-state index in [4.69, 9.17) is 5.73 Å². The number of hydrogen-bond donors (Lipinski definition) is 1. The number of carbonyl (C=O) groups is 1. The van der Waals surface area contributed by atoms with Crippen LogP contribution >= 0.6 is 20.3 Å². The molecule has 181 valence electrons. The van der Waals surface area contributed by atoms with E-state index < -0.39 is 29.6 Å². The van der Waals surface area contributed by atoms with E-state index in [2.05, 4.69) is 22.9 Å². The van der Waals surface area contributed by atoms with Crippen molar-refractivity contribution in [3.8, 4) is 0 Å². The Bertz CT molecular complexity index is 809. The summed E-state index contributed by atoms with van der Waals surface area (Å²) in [5.41, 5.74) is 3.70. The molecule has 1 amide bonds. The number of nitrogens with two attached hydrogens (primary N) is 1. The third-order valence-electron chi connectivity index (χ3n) is 5.25. The predicted octanol–water partition coefficient (Wildman–Crippen LogP) is 4.82. The molecule has 0 aromatic carbocycles. The Labute approximate surface area is 201 Å². The molecular weight excluding hydrogens is 620 g/mol. The molecule has 2 aliphatic rings. The molecule has 2 N–H and O–H groups in total. The van der Waals surface area contributed by atoms with Crippen molar-refractivity contribution in [3.63, 3.8) is 0 Å². The molecule has 5 nitrogen and oxygen atoms in total. The van der Waals surface area contributed by atoms with Gasteiger partial charge in [-0.15, -0.1) is 0 Å². The number of aryl methyl sites for hydroxylation is 2. The zero-order valence-electron chi connectivity index (χ0n) is 17.4. The number of aromatic nitrogens is 2. The van der Waals surface area contributed by atoms with Crippen LogP contribution in [0.2, 0.25) is 0 Å². The van der Waals surface area contributed by atoms with E-state index in [1.807, 2.05) is 20.3 Å². The number of alkyl halides is 6. The standard InChI is InChI=1S/C14H15F6N3.C5H9NO.ISe/c1-8(13(15,16)17)10(7-12(21-2)14(18,19)20)11-6-9-4-3-5-23(9)22-11;6-5(7)4-2-1-3-4;1-2/h6-8H,3-5H2,1-2H3;4H,1-3H2,(H2,6,7);/b10-7+,21-12?;;. The summed E-state index contributed by atoms with van der Waals surface area (Å²) in [5, 5.41) is 4.02. The van der Waals surface area contributed by atoms with Gasteiger partial charge in [-0.1, -0.05) is 6.42 Å². The SMILES string of the molecule is CN=C(/C=C(/c1cc2n(n1)CCC2)C(C)C(F)(F)F)C(F)(F)F.NC(=O)C1CCC1.[Se]I. The van der Waals surface area contributed by atoms with Gasteiger partial charge < -0.3 is 5.73 Å². The van der Waals surface area contributed by atoms with E-state index in [9.17, 15) is 31.1 Å². The molecular formula is C19H24F6IN4OSe. The molecule has 1 fully saturated rings. The zero-order chi connectivity index (χ0) is 24.7. The van der Waals surface area contributed by atoms with E-state index >= 15 is 0 Å². The van der Waals surface area contributed by atoms with E-state index in [-0.39, 0.29) is 17.5 Å². The number of amides is 1. The summed E-state index contributed by atoms with van der Waals surface area (Å²) in [6.07, 6.45) is -4.36. The summed E-state index contributed by atoms with van der Waals surface area (Å²) in [4.78, 5) is 13.3. The molecule has 0 bridgehead atoms. The van der Waals surface area contributed by atoms with Crippen LogP contribution in [0.4, 0.5) is 26.3 Å². The average molecular weight is 644 g/mol. The van der Waals surface area contributed by atoms with Crippen molar-refractivity contribution in [2.24, 2.45) is 22.6 Å². The third kappa shape index (κ3) is 8.05. The molecule has 1 radical (unpaired) electrons. The fourth-order valence-corrected chi connectivity index (χ4v) is 3.11. The van der Waals surface area contributed by atoms with Crippen LogP contribution in [0.1, 0.15) is 44.0 Å². The van der Waals surface area contributed by atoms with E-state index in [1.165, 1.54) is 17.2 Å². The average Bonchev–Trinajstić information content (AvgIpc) is 3.22. The number of aliphatic imine (C=N–C) groups is 1. The number of carbonyl (C=O) groups excluding carboxylic acids is 1. The molecule has 2 heterocycles. The Kier molecular flexibility index (Phi) is 11.2. The van der Waals surface area contributed by atoms with Gasteiger partial charge in [-0.3, -0.25) is 14.5 Å². The molecule has 1 aliphatic carbocycles. The van der Waals surface area contributed by atoms with Gasteiger partial charge in [0, 0.05) is 25.2 Å². The fraction of sp³-hybridized carbons (Fsp3) is 0.632. The Morgan fingerprint density at radius 3 is 2.22 bits per heavy atom. The Hall–Kier alpha value is -1.08. The normalized spacial score (nSPS) is 17.9. The van der Waals surface area contributed by atoms with Gasteiger partial charge in [0.25, 0.3) is 0 Å². The van der Waals surface area contributed by atoms with E-state index in [0.29, 0.717) is 19.0 Å². The maximum atomic E-state index is 13.0. The minimum atomic E-state index is -4.83. The molecule has 13 heteroatoms. The van der Waals surface area contributed by atoms with Crippen molar-refractivity contribution in [3.05, 3.63) is 23.5 Å². The summed E-state index contributed by atoms with van der Waals surface area (Å²) in [6, 6.07) is 1.42. The first-order chi connectivity index (χ1) is 14.8. The van der Waals surface area contributed by atoms with Crippen molar-refractivity contribution in [1.82, 2.24) is 9.78 Å². The Balaban J connectivity index is 0.000000477. The van der Waals surface area contributed by atoms with Gasteiger partial charge in [-0.2, -0.15) is 31.4 Å². The Morgan fingerprint density at radius 2 is 1.88 bits per heavy atom. The first-order valence-corrected chi connectivity index (χ1v) is 14.9. The summed E-state index contributed by atoms with van der Waals surface area (Å²) < 4.78 is 79.2. The van der Waals surface area contributed by atoms with Crippen molar-refractivity contribution < 1.29 is 31.1 Å². The minimum absolute atomic E-state index is 0.0880. The topological polar surface area (TPSA) is 73.3 Å². The van der Waals surface area contributed by atoms with Crippen LogP contribution < -0.4 is 5.73 Å². The van der Waals surface area contributed by atoms with Crippen LogP contribution in [-0.2, 0) is 17.8 Å². The zero-order valence-corrected chi connectivity index (χ0v) is 21.3. The van der Waals surface area contributed by atoms with Gasteiger partial charge in [0.2, 0.25) is 5.91 Å². The number of nitrogens with zero attached hydrogens (tertiary/aromatic N) is 3. The molecule has 0 saturated heterocycles. The predicted molar refractivity (Wildman–Crippen MR) is 119 cm³/mol. The van der Waals surface area contributed by atoms with E-state index in [1.54, 1.807) is 0 Å². The van der Waals surface area contributed by atoms with Gasteiger partial charge in [-0.05, 0) is 50.3 Å². The number of primary amides is 1. The van der Waals surface area contributed by atoms with E-state index in [0.717, 1.165) is 38.9 Å². The van der Waals surface area contributed by atoms with Crippen LogP contribution in [0.25, 0.3) is 5.57 Å². The molecule has 3 rings (SSSR count).